The Kier molecular flexibility index (Phi) is 13.3. The molecule has 0 spiro atoms. The van der Waals surface area contributed by atoms with Gasteiger partial charge in [0.1, 0.15) is 21.5 Å². The molecule has 0 bridgehead atoms. The molecule has 11 heteroatoms. The van der Waals surface area contributed by atoms with Gasteiger partial charge >= 0.3 is 11.9 Å². The first-order valence-corrected chi connectivity index (χ1v) is 17.7. The van der Waals surface area contributed by atoms with E-state index in [4.69, 9.17) is 9.47 Å². The molecular formula is C40H38MnN2O6S2. The second kappa shape index (κ2) is 17.4. The fraction of sp³-hybridized carbons (Fsp3) is 0.200. The number of aryl methyl sites for hydroxylation is 2. The summed E-state index contributed by atoms with van der Waals surface area (Å²) in [7, 11) is 0. The molecule has 4 aromatic carbocycles. The van der Waals surface area contributed by atoms with Crippen LogP contribution in [0.25, 0.3) is 21.5 Å². The third kappa shape index (κ3) is 8.57. The van der Waals surface area contributed by atoms with Crippen molar-refractivity contribution >= 4 is 78.6 Å². The molecule has 2 N–H and O–H groups in total. The van der Waals surface area contributed by atoms with Crippen LogP contribution in [-0.2, 0) is 26.5 Å². The normalized spacial score (nSPS) is 11.1. The van der Waals surface area contributed by atoms with Gasteiger partial charge in [-0.05, 0) is 86.3 Å². The van der Waals surface area contributed by atoms with Gasteiger partial charge in [-0.15, -0.1) is 22.7 Å². The van der Waals surface area contributed by atoms with Crippen LogP contribution in [0.3, 0.4) is 0 Å². The number of nitrogens with zero attached hydrogens (tertiary/aromatic N) is 2. The zero-order chi connectivity index (χ0) is 35.9. The van der Waals surface area contributed by atoms with Gasteiger partial charge in [0.05, 0.1) is 24.3 Å². The standard InChI is InChI=1S/2C20H19NO3S.Mn/c2*1-4-24-20(23)18-12(2)13(3)25-19(18)21-11-16-15-8-6-5-7-14(15)9-10-17(16)22;/h2*5-11,22H,4H2,1-3H3;/b2*21-11+;. The van der Waals surface area contributed by atoms with Crippen LogP contribution >= 0.6 is 22.7 Å². The maximum atomic E-state index is 12.3. The molecule has 6 aromatic rings. The Morgan fingerprint density at radius 3 is 1.37 bits per heavy atom. The van der Waals surface area contributed by atoms with Crippen molar-refractivity contribution in [2.45, 2.75) is 41.5 Å². The monoisotopic (exact) mass is 761 g/mol. The molecule has 0 amide bonds. The van der Waals surface area contributed by atoms with E-state index in [0.717, 1.165) is 42.4 Å². The quantitative estimate of drug-likeness (QED) is 0.0906. The molecule has 0 saturated heterocycles. The molecule has 8 nitrogen and oxygen atoms in total. The van der Waals surface area contributed by atoms with Gasteiger partial charge in [0, 0.05) is 50.4 Å². The van der Waals surface area contributed by atoms with Crippen molar-refractivity contribution in [3.8, 4) is 11.5 Å². The second-order valence-electron chi connectivity index (χ2n) is 11.3. The van der Waals surface area contributed by atoms with E-state index in [1.807, 2.05) is 88.4 Å². The number of hydrogen-bond acceptors (Lipinski definition) is 10. The van der Waals surface area contributed by atoms with Crippen molar-refractivity contribution in [1.29, 1.82) is 0 Å². The maximum Gasteiger partial charge on any atom is 0.341 e. The molecule has 0 unspecified atom stereocenters. The first kappa shape index (κ1) is 39.0. The smallest absolute Gasteiger partial charge is 0.341 e. The summed E-state index contributed by atoms with van der Waals surface area (Å²) in [5, 5.41) is 25.5. The summed E-state index contributed by atoms with van der Waals surface area (Å²) in [6.45, 7) is 11.9. The van der Waals surface area contributed by atoms with Crippen LogP contribution in [0.15, 0.2) is 82.8 Å². The average molecular weight is 762 g/mol. The Bertz CT molecular complexity index is 2110. The van der Waals surface area contributed by atoms with Crippen molar-refractivity contribution in [1.82, 2.24) is 0 Å². The van der Waals surface area contributed by atoms with Crippen molar-refractivity contribution in [3.63, 3.8) is 0 Å². The van der Waals surface area contributed by atoms with Crippen LogP contribution in [0, 0.1) is 27.7 Å². The van der Waals surface area contributed by atoms with Gasteiger partial charge in [0.15, 0.2) is 0 Å². The number of phenols is 2. The molecule has 2 heterocycles. The third-order valence-electron chi connectivity index (χ3n) is 8.21. The SMILES string of the molecule is CCOC(=O)c1c(/N=C/c2c(O)ccc3ccccc23)sc(C)c1C.CCOC(=O)c1c(/N=C/c2c(O)ccc3ccccc23)sc(C)c1C.[Mn]. The summed E-state index contributed by atoms with van der Waals surface area (Å²) in [5.74, 6) is -0.410. The summed E-state index contributed by atoms with van der Waals surface area (Å²) in [6, 6.07) is 22.6. The van der Waals surface area contributed by atoms with Crippen LogP contribution < -0.4 is 0 Å². The number of esters is 2. The Hall–Kier alpha value is -4.80. The van der Waals surface area contributed by atoms with Crippen molar-refractivity contribution < 1.29 is 46.3 Å². The van der Waals surface area contributed by atoms with E-state index >= 15 is 0 Å². The van der Waals surface area contributed by atoms with Gasteiger partial charge in [-0.25, -0.2) is 19.6 Å². The summed E-state index contributed by atoms with van der Waals surface area (Å²) in [4.78, 5) is 35.6. The topological polar surface area (TPSA) is 118 Å². The zero-order valence-electron chi connectivity index (χ0n) is 29.1. The van der Waals surface area contributed by atoms with E-state index in [2.05, 4.69) is 9.98 Å². The van der Waals surface area contributed by atoms with Crippen LogP contribution in [-0.4, -0.2) is 47.8 Å². The Morgan fingerprint density at radius 1 is 0.627 bits per heavy atom. The van der Waals surface area contributed by atoms with Gasteiger partial charge in [-0.3, -0.25) is 0 Å². The fourth-order valence-electron chi connectivity index (χ4n) is 5.37. The molecule has 0 aliphatic rings. The molecule has 0 fully saturated rings. The number of rotatable bonds is 8. The maximum absolute atomic E-state index is 12.3. The molecular weight excluding hydrogens is 724 g/mol. The predicted molar refractivity (Wildman–Crippen MR) is 205 cm³/mol. The fourth-order valence-corrected chi connectivity index (χ4v) is 7.35. The van der Waals surface area contributed by atoms with Crippen LogP contribution in [0.2, 0.25) is 0 Å². The number of thiophene rings is 2. The molecule has 263 valence electrons. The van der Waals surface area contributed by atoms with E-state index < -0.39 is 0 Å². The van der Waals surface area contributed by atoms with Crippen molar-refractivity contribution in [2.24, 2.45) is 9.98 Å². The van der Waals surface area contributed by atoms with E-state index in [1.165, 1.54) is 22.7 Å². The molecule has 0 aliphatic carbocycles. The zero-order valence-corrected chi connectivity index (χ0v) is 31.9. The van der Waals surface area contributed by atoms with Gasteiger partial charge in [-0.2, -0.15) is 0 Å². The number of carbonyl (C=O) groups is 2. The van der Waals surface area contributed by atoms with Gasteiger partial charge < -0.3 is 19.7 Å². The largest absolute Gasteiger partial charge is 0.507 e. The first-order chi connectivity index (χ1) is 24.0. The number of hydrogen-bond donors (Lipinski definition) is 2. The van der Waals surface area contributed by atoms with Crippen LogP contribution in [0.1, 0.15) is 66.6 Å². The number of ether oxygens (including phenoxy) is 2. The summed E-state index contributed by atoms with van der Waals surface area (Å²) in [5.41, 5.74) is 4.05. The number of phenolic OH excluding ortho intramolecular Hbond substituents is 2. The summed E-state index contributed by atoms with van der Waals surface area (Å²) < 4.78 is 10.3. The minimum atomic E-state index is -0.362. The van der Waals surface area contributed by atoms with E-state index in [9.17, 15) is 19.8 Å². The predicted octanol–water partition coefficient (Wildman–Crippen LogP) is 10.3. The van der Waals surface area contributed by atoms with E-state index in [1.54, 1.807) is 38.4 Å². The Morgan fingerprint density at radius 2 is 1.00 bits per heavy atom. The van der Waals surface area contributed by atoms with Crippen molar-refractivity contribution in [3.05, 3.63) is 116 Å². The summed E-state index contributed by atoms with van der Waals surface area (Å²) >= 11 is 2.89. The van der Waals surface area contributed by atoms with Gasteiger partial charge in [-0.1, -0.05) is 60.7 Å². The molecule has 0 saturated carbocycles. The third-order valence-corrected chi connectivity index (χ3v) is 10.4. The summed E-state index contributed by atoms with van der Waals surface area (Å²) in [6.07, 6.45) is 3.23. The van der Waals surface area contributed by atoms with Crippen molar-refractivity contribution in [2.75, 3.05) is 13.2 Å². The van der Waals surface area contributed by atoms with E-state index in [-0.39, 0.29) is 40.5 Å². The minimum absolute atomic E-state index is 0. The number of carbonyl (C=O) groups excluding carboxylic acids is 2. The molecule has 6 rings (SSSR count). The minimum Gasteiger partial charge on any atom is -0.507 e. The first-order valence-electron chi connectivity index (χ1n) is 16.1. The molecule has 0 aliphatic heterocycles. The van der Waals surface area contributed by atoms with Gasteiger partial charge in [0.2, 0.25) is 0 Å². The Labute approximate surface area is 315 Å². The second-order valence-corrected chi connectivity index (χ2v) is 13.7. The number of aliphatic imine (C=N–C) groups is 2. The number of benzene rings is 4. The molecule has 0 atom stereocenters. The molecule has 2 aromatic heterocycles. The van der Waals surface area contributed by atoms with Crippen LogP contribution in [0.5, 0.6) is 11.5 Å². The Balaban J connectivity index is 0.000000224. The van der Waals surface area contributed by atoms with Crippen LogP contribution in [0.4, 0.5) is 10.0 Å². The molecule has 1 radical (unpaired) electrons. The van der Waals surface area contributed by atoms with E-state index in [0.29, 0.717) is 45.5 Å². The number of aromatic hydroxyl groups is 2. The average Bonchev–Trinajstić information content (AvgIpc) is 3.56. The number of fused-ring (bicyclic) bond motifs is 2. The van der Waals surface area contributed by atoms with Gasteiger partial charge in [0.25, 0.3) is 0 Å². The molecule has 51 heavy (non-hydrogen) atoms.